The highest BCUT2D eigenvalue weighted by Crippen LogP contribution is 2.10. The topological polar surface area (TPSA) is 28.2 Å². The largest absolute Gasteiger partial charge is 0.311 e. The minimum absolute atomic E-state index is 0.673. The fraction of sp³-hybridized carbons (Fsp3) is 0.643. The second-order valence-corrected chi connectivity index (χ2v) is 5.05. The molecule has 0 aliphatic carbocycles. The monoisotopic (exact) mass is 233 g/mol. The fourth-order valence-electron chi connectivity index (χ4n) is 2.54. The maximum atomic E-state index is 4.26. The second-order valence-electron chi connectivity index (χ2n) is 5.05. The molecule has 1 aromatic heterocycles. The van der Waals surface area contributed by atoms with Crippen LogP contribution in [0.3, 0.4) is 0 Å². The third-order valence-electron chi connectivity index (χ3n) is 3.31. The van der Waals surface area contributed by atoms with Gasteiger partial charge in [-0.05, 0) is 24.5 Å². The average molecular weight is 233 g/mol. The Morgan fingerprint density at radius 1 is 1.47 bits per heavy atom. The summed E-state index contributed by atoms with van der Waals surface area (Å²) in [6.45, 7) is 8.83. The lowest BCUT2D eigenvalue weighted by atomic mass is 10.1. The molecular weight excluding hydrogens is 210 g/mol. The highest BCUT2D eigenvalue weighted by Gasteiger charge is 2.18. The molecule has 3 nitrogen and oxygen atoms in total. The van der Waals surface area contributed by atoms with Crippen molar-refractivity contribution < 1.29 is 0 Å². The highest BCUT2D eigenvalue weighted by molar-refractivity contribution is 5.16. The Kier molecular flexibility index (Phi) is 4.51. The van der Waals surface area contributed by atoms with E-state index < -0.39 is 0 Å². The van der Waals surface area contributed by atoms with E-state index in [0.717, 1.165) is 19.6 Å². The molecule has 3 heteroatoms. The van der Waals surface area contributed by atoms with E-state index in [2.05, 4.69) is 35.1 Å². The van der Waals surface area contributed by atoms with Gasteiger partial charge in [0.1, 0.15) is 0 Å². The van der Waals surface area contributed by atoms with Crippen LogP contribution in [-0.4, -0.2) is 35.6 Å². The van der Waals surface area contributed by atoms with Crippen LogP contribution < -0.4 is 5.32 Å². The van der Waals surface area contributed by atoms with Crippen LogP contribution in [0.1, 0.15) is 30.9 Å². The summed E-state index contributed by atoms with van der Waals surface area (Å²) in [6, 6.07) is 2.91. The van der Waals surface area contributed by atoms with Gasteiger partial charge in [-0.2, -0.15) is 0 Å². The lowest BCUT2D eigenvalue weighted by molar-refractivity contribution is 0.186. The first kappa shape index (κ1) is 12.5. The molecule has 2 heterocycles. The zero-order valence-corrected chi connectivity index (χ0v) is 10.9. The molecule has 0 saturated carbocycles. The zero-order chi connectivity index (χ0) is 12.1. The van der Waals surface area contributed by atoms with Gasteiger partial charge in [0.25, 0.3) is 0 Å². The number of rotatable bonds is 4. The summed E-state index contributed by atoms with van der Waals surface area (Å²) in [5.41, 5.74) is 2.59. The van der Waals surface area contributed by atoms with Crippen LogP contribution >= 0.6 is 0 Å². The lowest BCUT2D eigenvalue weighted by Crippen LogP contribution is -2.50. The van der Waals surface area contributed by atoms with Gasteiger partial charge in [-0.1, -0.05) is 19.4 Å². The van der Waals surface area contributed by atoms with Crippen molar-refractivity contribution in [2.75, 3.05) is 19.6 Å². The molecule has 1 aliphatic rings. The molecule has 1 N–H and O–H groups in total. The number of hydrogen-bond acceptors (Lipinski definition) is 3. The fourth-order valence-corrected chi connectivity index (χ4v) is 2.54. The Morgan fingerprint density at radius 3 is 3.12 bits per heavy atom. The van der Waals surface area contributed by atoms with Crippen LogP contribution in [0.5, 0.6) is 0 Å². The van der Waals surface area contributed by atoms with Crippen molar-refractivity contribution in [3.8, 4) is 0 Å². The van der Waals surface area contributed by atoms with E-state index in [1.54, 1.807) is 0 Å². The molecule has 0 aromatic carbocycles. The van der Waals surface area contributed by atoms with Gasteiger partial charge in [-0.15, -0.1) is 0 Å². The molecule has 17 heavy (non-hydrogen) atoms. The number of aryl methyl sites for hydroxylation is 1. The standard InChI is InChI=1S/C14H23N3/c1-3-4-14-11-17(6-5-16-14)10-13-7-12(2)8-15-9-13/h7-9,14,16H,3-6,10-11H2,1-2H3. The van der Waals surface area contributed by atoms with Crippen LogP contribution in [-0.2, 0) is 6.54 Å². The molecular formula is C14H23N3. The van der Waals surface area contributed by atoms with Crippen molar-refractivity contribution in [2.24, 2.45) is 0 Å². The SMILES string of the molecule is CCCC1CN(Cc2cncc(C)c2)CCN1. The summed E-state index contributed by atoms with van der Waals surface area (Å²) < 4.78 is 0. The lowest BCUT2D eigenvalue weighted by Gasteiger charge is -2.33. The van der Waals surface area contributed by atoms with Gasteiger partial charge >= 0.3 is 0 Å². The quantitative estimate of drug-likeness (QED) is 0.861. The minimum atomic E-state index is 0.673. The summed E-state index contributed by atoms with van der Waals surface area (Å²) in [4.78, 5) is 6.80. The third-order valence-corrected chi connectivity index (χ3v) is 3.31. The molecule has 0 spiro atoms. The smallest absolute Gasteiger partial charge is 0.0313 e. The van der Waals surface area contributed by atoms with E-state index in [1.165, 1.54) is 30.5 Å². The molecule has 1 atom stereocenters. The van der Waals surface area contributed by atoms with Crippen molar-refractivity contribution in [1.82, 2.24) is 15.2 Å². The first-order valence-corrected chi connectivity index (χ1v) is 6.64. The number of aromatic nitrogens is 1. The second kappa shape index (κ2) is 6.12. The summed E-state index contributed by atoms with van der Waals surface area (Å²) in [5.74, 6) is 0. The van der Waals surface area contributed by atoms with E-state index in [0.29, 0.717) is 6.04 Å². The molecule has 0 bridgehead atoms. The highest BCUT2D eigenvalue weighted by atomic mass is 15.2. The van der Waals surface area contributed by atoms with Gasteiger partial charge in [-0.3, -0.25) is 9.88 Å². The Morgan fingerprint density at radius 2 is 2.35 bits per heavy atom. The Balaban J connectivity index is 1.90. The van der Waals surface area contributed by atoms with Crippen molar-refractivity contribution in [3.63, 3.8) is 0 Å². The van der Waals surface area contributed by atoms with Crippen LogP contribution in [0, 0.1) is 6.92 Å². The first-order chi connectivity index (χ1) is 8.28. The minimum Gasteiger partial charge on any atom is -0.311 e. The number of nitrogens with zero attached hydrogens (tertiary/aromatic N) is 2. The number of pyridine rings is 1. The molecule has 0 amide bonds. The molecule has 1 saturated heterocycles. The zero-order valence-electron chi connectivity index (χ0n) is 10.9. The molecule has 2 rings (SSSR count). The van der Waals surface area contributed by atoms with E-state index in [4.69, 9.17) is 0 Å². The van der Waals surface area contributed by atoms with Gasteiger partial charge in [0.2, 0.25) is 0 Å². The summed E-state index contributed by atoms with van der Waals surface area (Å²) in [6.07, 6.45) is 6.45. The van der Waals surface area contributed by atoms with Gasteiger partial charge in [-0.25, -0.2) is 0 Å². The van der Waals surface area contributed by atoms with E-state index >= 15 is 0 Å². The van der Waals surface area contributed by atoms with Crippen LogP contribution in [0.15, 0.2) is 18.5 Å². The first-order valence-electron chi connectivity index (χ1n) is 6.64. The summed E-state index contributed by atoms with van der Waals surface area (Å²) >= 11 is 0. The van der Waals surface area contributed by atoms with Crippen LogP contribution in [0.2, 0.25) is 0 Å². The Labute approximate surface area is 104 Å². The molecule has 1 unspecified atom stereocenters. The van der Waals surface area contributed by atoms with E-state index in [1.807, 2.05) is 12.4 Å². The normalized spacial score (nSPS) is 21.6. The number of nitrogens with one attached hydrogen (secondary N) is 1. The summed E-state index contributed by atoms with van der Waals surface area (Å²) in [5, 5.41) is 3.59. The molecule has 1 aromatic rings. The van der Waals surface area contributed by atoms with Crippen LogP contribution in [0.25, 0.3) is 0 Å². The van der Waals surface area contributed by atoms with Gasteiger partial charge in [0.05, 0.1) is 0 Å². The van der Waals surface area contributed by atoms with E-state index in [9.17, 15) is 0 Å². The molecule has 1 aliphatic heterocycles. The van der Waals surface area contributed by atoms with Crippen molar-refractivity contribution in [3.05, 3.63) is 29.6 Å². The maximum absolute atomic E-state index is 4.26. The summed E-state index contributed by atoms with van der Waals surface area (Å²) in [7, 11) is 0. The van der Waals surface area contributed by atoms with Gasteiger partial charge in [0.15, 0.2) is 0 Å². The van der Waals surface area contributed by atoms with Crippen molar-refractivity contribution in [1.29, 1.82) is 0 Å². The predicted molar refractivity (Wildman–Crippen MR) is 70.9 cm³/mol. The molecule has 94 valence electrons. The van der Waals surface area contributed by atoms with E-state index in [-0.39, 0.29) is 0 Å². The number of piperazine rings is 1. The Hall–Kier alpha value is -0.930. The molecule has 1 fully saturated rings. The average Bonchev–Trinajstić information content (AvgIpc) is 2.30. The third kappa shape index (κ3) is 3.79. The van der Waals surface area contributed by atoms with Gasteiger partial charge in [0, 0.05) is 44.6 Å². The van der Waals surface area contributed by atoms with Crippen molar-refractivity contribution in [2.45, 2.75) is 39.3 Å². The predicted octanol–water partition coefficient (Wildman–Crippen LogP) is 1.96. The maximum Gasteiger partial charge on any atom is 0.0313 e. The molecule has 0 radical (unpaired) electrons. The van der Waals surface area contributed by atoms with Gasteiger partial charge < -0.3 is 5.32 Å². The Bertz CT molecular complexity index is 349. The van der Waals surface area contributed by atoms with Crippen LogP contribution in [0.4, 0.5) is 0 Å². The number of hydrogen-bond donors (Lipinski definition) is 1. The van der Waals surface area contributed by atoms with Crippen molar-refractivity contribution >= 4 is 0 Å².